The molecule has 0 bridgehead atoms. The normalized spacial score (nSPS) is 10.4. The van der Waals surface area contributed by atoms with Gasteiger partial charge in [0.1, 0.15) is 0 Å². The van der Waals surface area contributed by atoms with E-state index >= 15 is 0 Å². The molecule has 0 spiro atoms. The van der Waals surface area contributed by atoms with Gasteiger partial charge >= 0.3 is 5.97 Å². The smallest absolute Gasteiger partial charge is 0.319 e. The predicted octanol–water partition coefficient (Wildman–Crippen LogP) is 1.06. The molecule has 0 aliphatic heterocycles. The zero-order chi connectivity index (χ0) is 9.56. The van der Waals surface area contributed by atoms with Crippen molar-refractivity contribution in [2.45, 2.75) is 19.9 Å². The Balaban J connectivity index is 3.94. The molecule has 0 fully saturated rings. The van der Waals surface area contributed by atoms with Crippen LogP contribution in [0.25, 0.3) is 0 Å². The number of carbonyl (C=O) groups is 1. The van der Waals surface area contributed by atoms with E-state index in [1.807, 2.05) is 18.7 Å². The second-order valence-corrected chi connectivity index (χ2v) is 2.89. The number of carbonyl (C=O) groups excluding carboxylic acids is 1. The third kappa shape index (κ3) is 4.13. The van der Waals surface area contributed by atoms with Crippen LogP contribution in [0.3, 0.4) is 0 Å². The highest BCUT2D eigenvalue weighted by Crippen LogP contribution is 1.97. The number of rotatable bonds is 5. The highest BCUT2D eigenvalue weighted by atomic mass is 16.5. The summed E-state index contributed by atoms with van der Waals surface area (Å²) in [4.78, 5) is 12.9. The molecule has 0 unspecified atom stereocenters. The average molecular weight is 171 g/mol. The van der Waals surface area contributed by atoms with E-state index in [1.54, 1.807) is 6.08 Å². The van der Waals surface area contributed by atoms with E-state index < -0.39 is 0 Å². The maximum absolute atomic E-state index is 10.9. The van der Waals surface area contributed by atoms with Gasteiger partial charge in [-0.25, -0.2) is 0 Å². The molecule has 0 saturated heterocycles. The van der Waals surface area contributed by atoms with Crippen molar-refractivity contribution >= 4 is 5.97 Å². The number of esters is 1. The average Bonchev–Trinajstić information content (AvgIpc) is 2.03. The van der Waals surface area contributed by atoms with Gasteiger partial charge in [-0.05, 0) is 13.8 Å². The molecule has 0 atom stereocenters. The lowest BCUT2D eigenvalue weighted by molar-refractivity contribution is -0.142. The Kier molecular flexibility index (Phi) is 5.37. The van der Waals surface area contributed by atoms with Gasteiger partial charge in [-0.3, -0.25) is 9.69 Å². The van der Waals surface area contributed by atoms with Gasteiger partial charge in [0.2, 0.25) is 0 Å². The monoisotopic (exact) mass is 171 g/mol. The molecule has 12 heavy (non-hydrogen) atoms. The van der Waals surface area contributed by atoms with E-state index in [4.69, 9.17) is 0 Å². The van der Waals surface area contributed by atoms with Gasteiger partial charge < -0.3 is 4.74 Å². The molecular weight excluding hydrogens is 154 g/mol. The molecular formula is C9H17NO2. The third-order valence-electron chi connectivity index (χ3n) is 1.65. The van der Waals surface area contributed by atoms with Gasteiger partial charge in [0.25, 0.3) is 0 Å². The molecule has 0 N–H and O–H groups in total. The first-order valence-electron chi connectivity index (χ1n) is 4.03. The van der Waals surface area contributed by atoms with E-state index in [1.165, 1.54) is 7.11 Å². The van der Waals surface area contributed by atoms with Crippen LogP contribution >= 0.6 is 0 Å². The van der Waals surface area contributed by atoms with Gasteiger partial charge in [-0.1, -0.05) is 6.08 Å². The minimum Gasteiger partial charge on any atom is -0.468 e. The molecule has 0 aliphatic carbocycles. The topological polar surface area (TPSA) is 29.5 Å². The summed E-state index contributed by atoms with van der Waals surface area (Å²) < 4.78 is 4.56. The van der Waals surface area contributed by atoms with Crippen molar-refractivity contribution in [3.63, 3.8) is 0 Å². The van der Waals surface area contributed by atoms with Crippen LogP contribution < -0.4 is 0 Å². The molecule has 0 rings (SSSR count). The predicted molar refractivity (Wildman–Crippen MR) is 48.9 cm³/mol. The Morgan fingerprint density at radius 3 is 2.58 bits per heavy atom. The molecule has 0 heterocycles. The molecule has 0 radical (unpaired) electrons. The zero-order valence-electron chi connectivity index (χ0n) is 8.04. The van der Waals surface area contributed by atoms with E-state index in [0.29, 0.717) is 19.1 Å². The Labute approximate surface area is 74.0 Å². The second kappa shape index (κ2) is 5.77. The molecule has 0 aromatic heterocycles. The van der Waals surface area contributed by atoms with Crippen molar-refractivity contribution in [1.29, 1.82) is 0 Å². The van der Waals surface area contributed by atoms with E-state index in [0.717, 1.165) is 0 Å². The molecule has 0 saturated carbocycles. The fourth-order valence-electron chi connectivity index (χ4n) is 0.854. The molecule has 70 valence electrons. The first-order chi connectivity index (χ1) is 5.61. The Bertz CT molecular complexity index is 155. The lowest BCUT2D eigenvalue weighted by Gasteiger charge is -2.23. The fraction of sp³-hybridized carbons (Fsp3) is 0.667. The molecule has 3 nitrogen and oxygen atoms in total. The highest BCUT2D eigenvalue weighted by molar-refractivity contribution is 5.71. The Morgan fingerprint density at radius 1 is 1.67 bits per heavy atom. The largest absolute Gasteiger partial charge is 0.468 e. The maximum Gasteiger partial charge on any atom is 0.319 e. The molecule has 0 aliphatic rings. The summed E-state index contributed by atoms with van der Waals surface area (Å²) in [5, 5.41) is 0. The van der Waals surface area contributed by atoms with Crippen molar-refractivity contribution in [2.75, 3.05) is 20.2 Å². The number of methoxy groups -OCH3 is 1. The Hall–Kier alpha value is -0.830. The van der Waals surface area contributed by atoms with E-state index in [2.05, 4.69) is 11.3 Å². The molecule has 0 aromatic carbocycles. The van der Waals surface area contributed by atoms with E-state index in [9.17, 15) is 4.79 Å². The SMILES string of the molecule is C=CCN(CC(=O)OC)C(C)C. The third-order valence-corrected chi connectivity index (χ3v) is 1.65. The standard InChI is InChI=1S/C9H17NO2/c1-5-6-10(8(2)3)7-9(11)12-4/h5,8H,1,6-7H2,2-4H3. The minimum atomic E-state index is -0.203. The molecule has 3 heteroatoms. The number of ether oxygens (including phenoxy) is 1. The maximum atomic E-state index is 10.9. The highest BCUT2D eigenvalue weighted by Gasteiger charge is 2.11. The summed E-state index contributed by atoms with van der Waals surface area (Å²) in [5.41, 5.74) is 0. The van der Waals surface area contributed by atoms with Crippen LogP contribution in [0.4, 0.5) is 0 Å². The van der Waals surface area contributed by atoms with Crippen molar-refractivity contribution in [3.05, 3.63) is 12.7 Å². The van der Waals surface area contributed by atoms with Gasteiger partial charge in [0.05, 0.1) is 13.7 Å². The lowest BCUT2D eigenvalue weighted by Crippen LogP contribution is -2.36. The summed E-state index contributed by atoms with van der Waals surface area (Å²) >= 11 is 0. The van der Waals surface area contributed by atoms with Gasteiger partial charge in [0.15, 0.2) is 0 Å². The number of hydrogen-bond donors (Lipinski definition) is 0. The van der Waals surface area contributed by atoms with Crippen LogP contribution in [-0.4, -0.2) is 37.1 Å². The zero-order valence-corrected chi connectivity index (χ0v) is 8.04. The lowest BCUT2D eigenvalue weighted by atomic mass is 10.3. The molecule has 0 aromatic rings. The first-order valence-corrected chi connectivity index (χ1v) is 4.03. The summed E-state index contributed by atoms with van der Waals surface area (Å²) in [5.74, 6) is -0.203. The van der Waals surface area contributed by atoms with Gasteiger partial charge in [-0.15, -0.1) is 6.58 Å². The van der Waals surface area contributed by atoms with E-state index in [-0.39, 0.29) is 5.97 Å². The summed E-state index contributed by atoms with van der Waals surface area (Å²) in [6, 6.07) is 0.335. The van der Waals surface area contributed by atoms with Crippen molar-refractivity contribution in [2.24, 2.45) is 0 Å². The van der Waals surface area contributed by atoms with Crippen LogP contribution in [0.15, 0.2) is 12.7 Å². The second-order valence-electron chi connectivity index (χ2n) is 2.89. The van der Waals surface area contributed by atoms with Crippen LogP contribution in [0.2, 0.25) is 0 Å². The van der Waals surface area contributed by atoms with Crippen molar-refractivity contribution in [1.82, 2.24) is 4.90 Å². The first kappa shape index (κ1) is 11.2. The van der Waals surface area contributed by atoms with Crippen molar-refractivity contribution < 1.29 is 9.53 Å². The minimum absolute atomic E-state index is 0.203. The van der Waals surface area contributed by atoms with Gasteiger partial charge in [-0.2, -0.15) is 0 Å². The molecule has 0 amide bonds. The fourth-order valence-corrected chi connectivity index (χ4v) is 0.854. The Morgan fingerprint density at radius 2 is 2.25 bits per heavy atom. The summed E-state index contributed by atoms with van der Waals surface area (Å²) in [6.07, 6.45) is 1.78. The number of hydrogen-bond acceptors (Lipinski definition) is 3. The van der Waals surface area contributed by atoms with Crippen LogP contribution in [-0.2, 0) is 9.53 Å². The van der Waals surface area contributed by atoms with Crippen LogP contribution in [0.5, 0.6) is 0 Å². The number of nitrogens with zero attached hydrogens (tertiary/aromatic N) is 1. The van der Waals surface area contributed by atoms with Crippen LogP contribution in [0, 0.1) is 0 Å². The quantitative estimate of drug-likeness (QED) is 0.457. The summed E-state index contributed by atoms with van der Waals surface area (Å²) in [7, 11) is 1.40. The van der Waals surface area contributed by atoms with Crippen LogP contribution in [0.1, 0.15) is 13.8 Å². The van der Waals surface area contributed by atoms with Gasteiger partial charge in [0, 0.05) is 12.6 Å². The summed E-state index contributed by atoms with van der Waals surface area (Å²) in [6.45, 7) is 8.74. The van der Waals surface area contributed by atoms with Crippen molar-refractivity contribution in [3.8, 4) is 0 Å².